The van der Waals surface area contributed by atoms with Crippen molar-refractivity contribution in [3.05, 3.63) is 42.0 Å². The molecule has 0 atom stereocenters. The Morgan fingerprint density at radius 2 is 1.94 bits per heavy atom. The molecule has 0 unspecified atom stereocenters. The number of nitrogens with zero attached hydrogens (tertiary/aromatic N) is 4. The summed E-state index contributed by atoms with van der Waals surface area (Å²) in [5.74, 6) is 1.38. The molecule has 0 aliphatic carbocycles. The molecule has 0 amide bonds. The minimum Gasteiger partial charge on any atom is -0.383 e. The van der Waals surface area contributed by atoms with Crippen molar-refractivity contribution in [3.8, 4) is 0 Å². The Hall–Kier alpha value is -2.17. The minimum absolute atomic E-state index is 0.525. The maximum atomic E-state index is 5.76. The Bertz CT molecular complexity index is 498. The average molecular weight is 229 g/mol. The number of aromatic nitrogens is 3. The van der Waals surface area contributed by atoms with Crippen LogP contribution in [0.4, 0.5) is 11.6 Å². The van der Waals surface area contributed by atoms with Gasteiger partial charge in [-0.2, -0.15) is 0 Å². The summed E-state index contributed by atoms with van der Waals surface area (Å²) in [5, 5.41) is 0. The van der Waals surface area contributed by atoms with E-state index in [9.17, 15) is 0 Å². The third-order valence-corrected chi connectivity index (χ3v) is 2.63. The molecule has 0 fully saturated rings. The van der Waals surface area contributed by atoms with E-state index in [0.717, 1.165) is 17.9 Å². The Labute approximate surface area is 100 Å². The van der Waals surface area contributed by atoms with Crippen LogP contribution in [0.5, 0.6) is 0 Å². The third-order valence-electron chi connectivity index (χ3n) is 2.63. The number of nitrogens with two attached hydrogens (primary N) is 1. The normalized spacial score (nSPS) is 10.2. The standard InChI is InChI=1S/C12H15N5/c1-9-11(13)15-8-16-12(9)17(2)7-10-3-5-14-6-4-10/h3-6,8H,7H2,1-2H3,(H2,13,15,16). The second-order valence-corrected chi connectivity index (χ2v) is 3.92. The highest BCUT2D eigenvalue weighted by molar-refractivity contribution is 5.55. The first-order valence-corrected chi connectivity index (χ1v) is 5.35. The van der Waals surface area contributed by atoms with Gasteiger partial charge in [-0.05, 0) is 24.6 Å². The van der Waals surface area contributed by atoms with Crippen LogP contribution in [-0.2, 0) is 6.54 Å². The summed E-state index contributed by atoms with van der Waals surface area (Å²) in [6.45, 7) is 2.69. The molecule has 88 valence electrons. The van der Waals surface area contributed by atoms with E-state index in [-0.39, 0.29) is 0 Å². The number of hydrogen-bond donors (Lipinski definition) is 1. The topological polar surface area (TPSA) is 67.9 Å². The lowest BCUT2D eigenvalue weighted by Gasteiger charge is -2.20. The van der Waals surface area contributed by atoms with Gasteiger partial charge in [-0.3, -0.25) is 4.98 Å². The van der Waals surface area contributed by atoms with Gasteiger partial charge >= 0.3 is 0 Å². The second kappa shape index (κ2) is 4.78. The zero-order valence-corrected chi connectivity index (χ0v) is 9.96. The molecule has 0 radical (unpaired) electrons. The van der Waals surface area contributed by atoms with E-state index in [0.29, 0.717) is 5.82 Å². The predicted octanol–water partition coefficient (Wildman–Crippen LogP) is 1.40. The molecule has 5 heteroatoms. The SMILES string of the molecule is Cc1c(N)ncnc1N(C)Cc1ccncc1. The summed E-state index contributed by atoms with van der Waals surface area (Å²) in [6, 6.07) is 3.97. The first kappa shape index (κ1) is 11.3. The number of pyridine rings is 1. The Morgan fingerprint density at radius 3 is 2.65 bits per heavy atom. The van der Waals surface area contributed by atoms with Crippen molar-refractivity contribution in [1.82, 2.24) is 15.0 Å². The van der Waals surface area contributed by atoms with Crippen LogP contribution in [0.15, 0.2) is 30.9 Å². The lowest BCUT2D eigenvalue weighted by atomic mass is 10.2. The van der Waals surface area contributed by atoms with Gasteiger partial charge in [-0.25, -0.2) is 9.97 Å². The molecule has 2 heterocycles. The maximum Gasteiger partial charge on any atom is 0.137 e. The van der Waals surface area contributed by atoms with Gasteiger partial charge in [0.15, 0.2) is 0 Å². The molecule has 5 nitrogen and oxygen atoms in total. The van der Waals surface area contributed by atoms with E-state index in [4.69, 9.17) is 5.73 Å². The molecular weight excluding hydrogens is 214 g/mol. The number of hydrogen-bond acceptors (Lipinski definition) is 5. The zero-order valence-electron chi connectivity index (χ0n) is 9.96. The first-order valence-electron chi connectivity index (χ1n) is 5.35. The monoisotopic (exact) mass is 229 g/mol. The van der Waals surface area contributed by atoms with Crippen LogP contribution in [0.2, 0.25) is 0 Å². The molecular formula is C12H15N5. The molecule has 0 saturated carbocycles. The van der Waals surface area contributed by atoms with Gasteiger partial charge in [0.1, 0.15) is 18.0 Å². The summed E-state index contributed by atoms with van der Waals surface area (Å²) < 4.78 is 0. The van der Waals surface area contributed by atoms with Crippen molar-refractivity contribution in [2.24, 2.45) is 0 Å². The van der Waals surface area contributed by atoms with E-state index >= 15 is 0 Å². The van der Waals surface area contributed by atoms with Crippen molar-refractivity contribution in [3.63, 3.8) is 0 Å². The van der Waals surface area contributed by atoms with E-state index in [1.807, 2.05) is 31.0 Å². The number of nitrogen functional groups attached to an aromatic ring is 1. The third kappa shape index (κ3) is 2.50. The van der Waals surface area contributed by atoms with E-state index < -0.39 is 0 Å². The van der Waals surface area contributed by atoms with Crippen LogP contribution in [0.3, 0.4) is 0 Å². The van der Waals surface area contributed by atoms with Crippen molar-refractivity contribution < 1.29 is 0 Å². The summed E-state index contributed by atoms with van der Waals surface area (Å²) in [7, 11) is 1.98. The highest BCUT2D eigenvalue weighted by Crippen LogP contribution is 2.20. The molecule has 0 aromatic carbocycles. The lowest BCUT2D eigenvalue weighted by Crippen LogP contribution is -2.19. The second-order valence-electron chi connectivity index (χ2n) is 3.92. The quantitative estimate of drug-likeness (QED) is 0.861. The Balaban J connectivity index is 2.20. The molecule has 0 aliphatic heterocycles. The van der Waals surface area contributed by atoms with Crippen molar-refractivity contribution in [1.29, 1.82) is 0 Å². The Kier molecular flexibility index (Phi) is 3.18. The summed E-state index contributed by atoms with van der Waals surface area (Å²) >= 11 is 0. The molecule has 0 bridgehead atoms. The zero-order chi connectivity index (χ0) is 12.3. The van der Waals surface area contributed by atoms with Crippen LogP contribution in [-0.4, -0.2) is 22.0 Å². The minimum atomic E-state index is 0.525. The highest BCUT2D eigenvalue weighted by Gasteiger charge is 2.09. The van der Waals surface area contributed by atoms with Gasteiger partial charge in [-0.15, -0.1) is 0 Å². The molecule has 2 aromatic heterocycles. The first-order chi connectivity index (χ1) is 8.18. The Morgan fingerprint density at radius 1 is 1.24 bits per heavy atom. The highest BCUT2D eigenvalue weighted by atomic mass is 15.2. The molecule has 0 saturated heterocycles. The van der Waals surface area contributed by atoms with Crippen molar-refractivity contribution >= 4 is 11.6 Å². The number of anilines is 2. The largest absolute Gasteiger partial charge is 0.383 e. The lowest BCUT2D eigenvalue weighted by molar-refractivity contribution is 0.881. The molecule has 2 N–H and O–H groups in total. The van der Waals surface area contributed by atoms with Crippen molar-refractivity contribution in [2.75, 3.05) is 17.7 Å². The van der Waals surface area contributed by atoms with Crippen molar-refractivity contribution in [2.45, 2.75) is 13.5 Å². The van der Waals surface area contributed by atoms with Crippen LogP contribution < -0.4 is 10.6 Å². The fourth-order valence-electron chi connectivity index (χ4n) is 1.68. The van der Waals surface area contributed by atoms with Crippen LogP contribution >= 0.6 is 0 Å². The van der Waals surface area contributed by atoms with E-state index in [1.165, 1.54) is 11.9 Å². The fourth-order valence-corrected chi connectivity index (χ4v) is 1.68. The number of rotatable bonds is 3. The summed E-state index contributed by atoms with van der Waals surface area (Å²) in [4.78, 5) is 14.3. The molecule has 17 heavy (non-hydrogen) atoms. The fraction of sp³-hybridized carbons (Fsp3) is 0.250. The van der Waals surface area contributed by atoms with E-state index in [2.05, 4.69) is 15.0 Å². The van der Waals surface area contributed by atoms with Crippen LogP contribution in [0, 0.1) is 6.92 Å². The molecule has 0 aliphatic rings. The predicted molar refractivity (Wildman–Crippen MR) is 67.5 cm³/mol. The molecule has 2 aromatic rings. The average Bonchev–Trinajstić information content (AvgIpc) is 2.34. The summed E-state index contributed by atoms with van der Waals surface area (Å²) in [6.07, 6.45) is 5.05. The van der Waals surface area contributed by atoms with Gasteiger partial charge in [0.05, 0.1) is 0 Å². The van der Waals surface area contributed by atoms with Crippen LogP contribution in [0.25, 0.3) is 0 Å². The van der Waals surface area contributed by atoms with Crippen LogP contribution in [0.1, 0.15) is 11.1 Å². The van der Waals surface area contributed by atoms with Gasteiger partial charge in [0.25, 0.3) is 0 Å². The smallest absolute Gasteiger partial charge is 0.137 e. The molecule has 0 spiro atoms. The molecule has 2 rings (SSSR count). The van der Waals surface area contributed by atoms with Gasteiger partial charge in [0, 0.05) is 31.5 Å². The maximum absolute atomic E-state index is 5.76. The van der Waals surface area contributed by atoms with Gasteiger partial charge < -0.3 is 10.6 Å². The van der Waals surface area contributed by atoms with Gasteiger partial charge in [-0.1, -0.05) is 0 Å². The van der Waals surface area contributed by atoms with E-state index in [1.54, 1.807) is 12.4 Å². The van der Waals surface area contributed by atoms with Gasteiger partial charge in [0.2, 0.25) is 0 Å². The summed E-state index contributed by atoms with van der Waals surface area (Å²) in [5.41, 5.74) is 7.85.